The maximum absolute atomic E-state index is 12.8. The first-order valence-corrected chi connectivity index (χ1v) is 9.30. The third-order valence-electron chi connectivity index (χ3n) is 5.06. The van der Waals surface area contributed by atoms with E-state index in [0.29, 0.717) is 16.9 Å². The van der Waals surface area contributed by atoms with Crippen molar-refractivity contribution in [2.45, 2.75) is 26.8 Å². The maximum Gasteiger partial charge on any atom is 0.327 e. The minimum absolute atomic E-state index is 0.0635. The number of aromatic nitrogens is 3. The molecule has 3 heterocycles. The normalized spacial score (nSPS) is 12.3. The van der Waals surface area contributed by atoms with Gasteiger partial charge in [0.15, 0.2) is 0 Å². The van der Waals surface area contributed by atoms with Crippen LogP contribution in [0.5, 0.6) is 5.75 Å². The Hall–Kier alpha value is -3.88. The molecule has 1 aromatic carbocycles. The first-order chi connectivity index (χ1) is 14.3. The van der Waals surface area contributed by atoms with E-state index >= 15 is 0 Å². The van der Waals surface area contributed by atoms with Crippen molar-refractivity contribution in [1.29, 1.82) is 0 Å². The number of aryl methyl sites for hydroxylation is 2. The average molecular weight is 408 g/mol. The third-order valence-corrected chi connectivity index (χ3v) is 5.06. The van der Waals surface area contributed by atoms with E-state index in [1.54, 1.807) is 21.0 Å². The van der Waals surface area contributed by atoms with E-state index in [0.717, 1.165) is 16.7 Å². The SMILES string of the molecule is COc1ccc2oc(C(C)NC(=O)c3cc(C)c4c(=O)[nH]c(=O)[nH]c4n3)c(C)c2c1. The van der Waals surface area contributed by atoms with E-state index in [2.05, 4.69) is 20.3 Å². The predicted molar refractivity (Wildman–Crippen MR) is 111 cm³/mol. The number of carbonyl (C=O) groups is 1. The fraction of sp³-hybridized carbons (Fsp3) is 0.238. The average Bonchev–Trinajstić information content (AvgIpc) is 3.03. The number of ether oxygens (including phenoxy) is 1. The predicted octanol–water partition coefficient (Wildman–Crippen LogP) is 2.47. The molecular formula is C21H20N4O5. The number of pyridine rings is 1. The van der Waals surface area contributed by atoms with E-state index in [1.165, 1.54) is 6.07 Å². The summed E-state index contributed by atoms with van der Waals surface area (Å²) < 4.78 is 11.2. The number of benzene rings is 1. The van der Waals surface area contributed by atoms with E-state index in [9.17, 15) is 14.4 Å². The minimum atomic E-state index is -0.682. The number of rotatable bonds is 4. The molecule has 9 nitrogen and oxygen atoms in total. The lowest BCUT2D eigenvalue weighted by atomic mass is 10.1. The highest BCUT2D eigenvalue weighted by Gasteiger charge is 2.21. The largest absolute Gasteiger partial charge is 0.497 e. The van der Waals surface area contributed by atoms with Crippen LogP contribution in [0, 0.1) is 13.8 Å². The number of aromatic amines is 2. The number of carbonyl (C=O) groups excluding carboxylic acids is 1. The van der Waals surface area contributed by atoms with Gasteiger partial charge in [-0.1, -0.05) is 0 Å². The van der Waals surface area contributed by atoms with Gasteiger partial charge >= 0.3 is 5.69 Å². The molecule has 1 atom stereocenters. The van der Waals surface area contributed by atoms with Crippen molar-refractivity contribution >= 4 is 27.9 Å². The number of amides is 1. The van der Waals surface area contributed by atoms with Crippen LogP contribution in [0.2, 0.25) is 0 Å². The Bertz CT molecular complexity index is 1410. The molecule has 4 rings (SSSR count). The summed E-state index contributed by atoms with van der Waals surface area (Å²) >= 11 is 0. The second kappa shape index (κ2) is 7.18. The van der Waals surface area contributed by atoms with Gasteiger partial charge in [-0.2, -0.15) is 0 Å². The van der Waals surface area contributed by atoms with E-state index in [1.807, 2.05) is 25.1 Å². The molecule has 1 amide bonds. The Morgan fingerprint density at radius 3 is 2.70 bits per heavy atom. The van der Waals surface area contributed by atoms with Crippen molar-refractivity contribution < 1.29 is 13.9 Å². The number of methoxy groups -OCH3 is 1. The molecule has 9 heteroatoms. The number of fused-ring (bicyclic) bond motifs is 2. The summed E-state index contributed by atoms with van der Waals surface area (Å²) in [5.41, 5.74) is 1.04. The van der Waals surface area contributed by atoms with Crippen LogP contribution >= 0.6 is 0 Å². The fourth-order valence-electron chi connectivity index (χ4n) is 3.57. The topological polar surface area (TPSA) is 130 Å². The maximum atomic E-state index is 12.8. The molecule has 4 aromatic rings. The number of nitrogens with one attached hydrogen (secondary N) is 3. The van der Waals surface area contributed by atoms with Crippen molar-refractivity contribution in [1.82, 2.24) is 20.3 Å². The van der Waals surface area contributed by atoms with Gasteiger partial charge in [0.25, 0.3) is 11.5 Å². The van der Waals surface area contributed by atoms with Gasteiger partial charge in [0, 0.05) is 10.9 Å². The minimum Gasteiger partial charge on any atom is -0.497 e. The summed E-state index contributed by atoms with van der Waals surface area (Å²) in [7, 11) is 1.60. The van der Waals surface area contributed by atoms with Gasteiger partial charge in [-0.15, -0.1) is 0 Å². The molecule has 30 heavy (non-hydrogen) atoms. The highest BCUT2D eigenvalue weighted by atomic mass is 16.5. The lowest BCUT2D eigenvalue weighted by molar-refractivity contribution is 0.0930. The summed E-state index contributed by atoms with van der Waals surface area (Å²) in [6.45, 7) is 5.40. The molecule has 3 N–H and O–H groups in total. The van der Waals surface area contributed by atoms with Gasteiger partial charge in [0.2, 0.25) is 0 Å². The van der Waals surface area contributed by atoms with Crippen molar-refractivity contribution in [3.63, 3.8) is 0 Å². The Balaban J connectivity index is 1.67. The van der Waals surface area contributed by atoms with Gasteiger partial charge in [-0.25, -0.2) is 9.78 Å². The zero-order chi connectivity index (χ0) is 21.6. The van der Waals surface area contributed by atoms with Crippen LogP contribution in [0.25, 0.3) is 22.0 Å². The molecule has 0 bridgehead atoms. The van der Waals surface area contributed by atoms with Crippen molar-refractivity contribution in [2.75, 3.05) is 7.11 Å². The van der Waals surface area contributed by atoms with Crippen molar-refractivity contribution in [2.24, 2.45) is 0 Å². The number of hydrogen-bond acceptors (Lipinski definition) is 6. The zero-order valence-corrected chi connectivity index (χ0v) is 16.9. The lowest BCUT2D eigenvalue weighted by Gasteiger charge is -2.13. The van der Waals surface area contributed by atoms with Crippen LogP contribution in [0.1, 0.15) is 40.3 Å². The summed E-state index contributed by atoms with van der Waals surface area (Å²) in [4.78, 5) is 45.1. The Labute approximate surface area is 170 Å². The Morgan fingerprint density at radius 1 is 1.20 bits per heavy atom. The quantitative estimate of drug-likeness (QED) is 0.476. The second-order valence-electron chi connectivity index (χ2n) is 7.10. The van der Waals surface area contributed by atoms with Gasteiger partial charge in [-0.05, 0) is 50.6 Å². The lowest BCUT2D eigenvalue weighted by Crippen LogP contribution is -2.29. The monoisotopic (exact) mass is 408 g/mol. The summed E-state index contributed by atoms with van der Waals surface area (Å²) in [6.07, 6.45) is 0. The second-order valence-corrected chi connectivity index (χ2v) is 7.10. The highest BCUT2D eigenvalue weighted by Crippen LogP contribution is 2.32. The zero-order valence-electron chi connectivity index (χ0n) is 16.9. The van der Waals surface area contributed by atoms with Crippen LogP contribution in [-0.4, -0.2) is 28.0 Å². The molecule has 0 radical (unpaired) electrons. The van der Waals surface area contributed by atoms with Crippen LogP contribution in [0.15, 0.2) is 38.3 Å². The smallest absolute Gasteiger partial charge is 0.327 e. The Kier molecular flexibility index (Phi) is 4.65. The first kappa shape index (κ1) is 19.4. The fourth-order valence-corrected chi connectivity index (χ4v) is 3.57. The number of furan rings is 1. The molecule has 0 saturated carbocycles. The molecule has 0 saturated heterocycles. The Morgan fingerprint density at radius 2 is 1.97 bits per heavy atom. The van der Waals surface area contributed by atoms with Crippen molar-refractivity contribution in [3.8, 4) is 5.75 Å². The molecule has 0 aliphatic carbocycles. The van der Waals surface area contributed by atoms with Gasteiger partial charge < -0.3 is 14.5 Å². The van der Waals surface area contributed by atoms with Crippen LogP contribution in [-0.2, 0) is 0 Å². The molecule has 0 fully saturated rings. The highest BCUT2D eigenvalue weighted by molar-refractivity contribution is 5.95. The molecule has 3 aromatic heterocycles. The van der Waals surface area contributed by atoms with E-state index in [4.69, 9.17) is 9.15 Å². The molecule has 0 aliphatic rings. The van der Waals surface area contributed by atoms with Crippen LogP contribution in [0.4, 0.5) is 0 Å². The van der Waals surface area contributed by atoms with Gasteiger partial charge in [0.1, 0.15) is 28.4 Å². The molecule has 0 aliphatic heterocycles. The number of nitrogens with zero attached hydrogens (tertiary/aromatic N) is 1. The summed E-state index contributed by atoms with van der Waals surface area (Å²) in [5.74, 6) is 0.884. The standard InChI is InChI=1S/C21H20N4O5/c1-9-7-14(23-18-16(9)20(27)25-21(28)24-18)19(26)22-11(3)17-10(2)13-8-12(29-4)5-6-15(13)30-17/h5-8,11H,1-4H3,(H,22,26)(H2,23,24,25,27,28). The molecule has 0 spiro atoms. The van der Waals surface area contributed by atoms with Gasteiger partial charge in [0.05, 0.1) is 18.5 Å². The van der Waals surface area contributed by atoms with Crippen LogP contribution < -0.4 is 21.3 Å². The molecular weight excluding hydrogens is 388 g/mol. The third kappa shape index (κ3) is 3.24. The van der Waals surface area contributed by atoms with Crippen LogP contribution in [0.3, 0.4) is 0 Å². The first-order valence-electron chi connectivity index (χ1n) is 9.30. The summed E-state index contributed by atoms with van der Waals surface area (Å²) in [6, 6.07) is 6.58. The van der Waals surface area contributed by atoms with E-state index < -0.39 is 23.2 Å². The van der Waals surface area contributed by atoms with E-state index in [-0.39, 0.29) is 16.7 Å². The molecule has 1 unspecified atom stereocenters. The van der Waals surface area contributed by atoms with Gasteiger partial charge in [-0.3, -0.25) is 19.6 Å². The number of hydrogen-bond donors (Lipinski definition) is 3. The number of H-pyrrole nitrogens is 2. The molecule has 154 valence electrons. The van der Waals surface area contributed by atoms with Crippen molar-refractivity contribution in [3.05, 3.63) is 67.7 Å². The summed E-state index contributed by atoms with van der Waals surface area (Å²) in [5, 5.41) is 4.00.